The Morgan fingerprint density at radius 1 is 1.30 bits per heavy atom. The van der Waals surface area contributed by atoms with Crippen molar-refractivity contribution in [2.24, 2.45) is 11.7 Å². The second kappa shape index (κ2) is 7.24. The third kappa shape index (κ3) is 4.61. The van der Waals surface area contributed by atoms with Crippen molar-refractivity contribution in [2.75, 3.05) is 0 Å². The predicted molar refractivity (Wildman–Crippen MR) is 84.4 cm³/mol. The van der Waals surface area contributed by atoms with Gasteiger partial charge in [-0.1, -0.05) is 34.9 Å². The Morgan fingerprint density at radius 3 is 2.65 bits per heavy atom. The topological polar surface area (TPSA) is 64.9 Å². The highest BCUT2D eigenvalue weighted by Crippen LogP contribution is 2.24. The fraction of sp³-hybridized carbons (Fsp3) is 0.429. The van der Waals surface area contributed by atoms with Crippen molar-refractivity contribution >= 4 is 27.7 Å². The summed E-state index contributed by atoms with van der Waals surface area (Å²) in [5, 5.41) is 3.98. The number of hydrogen-bond acceptors (Lipinski definition) is 5. The third-order valence-corrected chi connectivity index (χ3v) is 4.24. The lowest BCUT2D eigenvalue weighted by molar-refractivity contribution is 0.333. The smallest absolute Gasteiger partial charge is 0.243 e. The van der Waals surface area contributed by atoms with Crippen LogP contribution in [0.15, 0.2) is 38.2 Å². The van der Waals surface area contributed by atoms with E-state index in [1.807, 2.05) is 12.1 Å². The fourth-order valence-corrected chi connectivity index (χ4v) is 2.77. The summed E-state index contributed by atoms with van der Waals surface area (Å²) in [5.74, 6) is 2.41. The van der Waals surface area contributed by atoms with Gasteiger partial charge in [0.15, 0.2) is 5.82 Å². The van der Waals surface area contributed by atoms with Crippen LogP contribution < -0.4 is 5.73 Å². The summed E-state index contributed by atoms with van der Waals surface area (Å²) >= 11 is 5.09. The standard InChI is InChI=1S/C14H18BrN3OS/c1-9(2)7-12(16)14-17-13(18-19-14)8-20-11-5-3-10(15)4-6-11/h3-6,9,12H,7-8,16H2,1-2H3/t12-/m0/s1. The molecule has 0 bridgehead atoms. The average Bonchev–Trinajstić information content (AvgIpc) is 2.86. The highest BCUT2D eigenvalue weighted by molar-refractivity contribution is 9.10. The molecule has 0 fully saturated rings. The van der Waals surface area contributed by atoms with Gasteiger partial charge in [0.1, 0.15) is 0 Å². The Bertz CT molecular complexity index is 542. The molecule has 0 amide bonds. The van der Waals surface area contributed by atoms with Gasteiger partial charge >= 0.3 is 0 Å². The first-order valence-electron chi connectivity index (χ1n) is 6.51. The molecule has 20 heavy (non-hydrogen) atoms. The minimum atomic E-state index is -0.172. The molecule has 4 nitrogen and oxygen atoms in total. The van der Waals surface area contributed by atoms with Crippen LogP contribution in [0.2, 0.25) is 0 Å². The number of thioether (sulfide) groups is 1. The first kappa shape index (κ1) is 15.5. The van der Waals surface area contributed by atoms with Crippen molar-refractivity contribution < 1.29 is 4.52 Å². The van der Waals surface area contributed by atoms with E-state index in [2.05, 4.69) is 52.1 Å². The van der Waals surface area contributed by atoms with E-state index in [1.54, 1.807) is 11.8 Å². The molecule has 0 spiro atoms. The maximum atomic E-state index is 6.02. The van der Waals surface area contributed by atoms with E-state index < -0.39 is 0 Å². The van der Waals surface area contributed by atoms with Crippen LogP contribution in [0.1, 0.15) is 38.0 Å². The fourth-order valence-electron chi connectivity index (χ4n) is 1.76. The number of nitrogens with zero attached hydrogens (tertiary/aromatic N) is 2. The zero-order valence-corrected chi connectivity index (χ0v) is 13.9. The van der Waals surface area contributed by atoms with Crippen molar-refractivity contribution in [1.82, 2.24) is 10.1 Å². The summed E-state index contributed by atoms with van der Waals surface area (Å²) in [6, 6.07) is 7.97. The lowest BCUT2D eigenvalue weighted by atomic mass is 10.0. The van der Waals surface area contributed by atoms with E-state index in [0.717, 1.165) is 10.9 Å². The Balaban J connectivity index is 1.91. The van der Waals surface area contributed by atoms with Gasteiger partial charge < -0.3 is 10.3 Å². The summed E-state index contributed by atoms with van der Waals surface area (Å²) in [6.45, 7) is 4.25. The van der Waals surface area contributed by atoms with Crippen LogP contribution in [0, 0.1) is 5.92 Å². The molecule has 0 saturated heterocycles. The maximum absolute atomic E-state index is 6.02. The zero-order chi connectivity index (χ0) is 14.5. The molecule has 6 heteroatoms. The third-order valence-electron chi connectivity index (χ3n) is 2.71. The van der Waals surface area contributed by atoms with E-state index in [4.69, 9.17) is 10.3 Å². The molecular formula is C14H18BrN3OS. The molecule has 0 unspecified atom stereocenters. The van der Waals surface area contributed by atoms with Gasteiger partial charge in [0, 0.05) is 9.37 Å². The van der Waals surface area contributed by atoms with Crippen molar-refractivity contribution in [2.45, 2.75) is 37.0 Å². The minimum absolute atomic E-state index is 0.172. The first-order chi connectivity index (χ1) is 9.54. The van der Waals surface area contributed by atoms with Crippen molar-refractivity contribution in [3.63, 3.8) is 0 Å². The SMILES string of the molecule is CC(C)C[C@H](N)c1nc(CSc2ccc(Br)cc2)no1. The Kier molecular flexibility index (Phi) is 5.63. The Hall–Kier alpha value is -0.850. The molecule has 1 aromatic carbocycles. The summed E-state index contributed by atoms with van der Waals surface area (Å²) < 4.78 is 6.30. The normalized spacial score (nSPS) is 12.8. The monoisotopic (exact) mass is 355 g/mol. The quantitative estimate of drug-likeness (QED) is 0.787. The van der Waals surface area contributed by atoms with E-state index in [9.17, 15) is 0 Å². The van der Waals surface area contributed by atoms with Crippen LogP contribution in [-0.4, -0.2) is 10.1 Å². The van der Waals surface area contributed by atoms with E-state index in [-0.39, 0.29) is 6.04 Å². The van der Waals surface area contributed by atoms with Gasteiger partial charge in [0.05, 0.1) is 11.8 Å². The molecule has 2 rings (SSSR count). The highest BCUT2D eigenvalue weighted by Gasteiger charge is 2.16. The molecule has 1 heterocycles. The van der Waals surface area contributed by atoms with Crippen LogP contribution in [0.3, 0.4) is 0 Å². The molecule has 1 aromatic heterocycles. The van der Waals surface area contributed by atoms with Crippen molar-refractivity contribution in [1.29, 1.82) is 0 Å². The number of rotatable bonds is 6. The van der Waals surface area contributed by atoms with Crippen molar-refractivity contribution in [3.05, 3.63) is 40.5 Å². The molecule has 2 N–H and O–H groups in total. The van der Waals surface area contributed by atoms with E-state index >= 15 is 0 Å². The maximum Gasteiger partial charge on any atom is 0.243 e. The second-order valence-electron chi connectivity index (χ2n) is 5.03. The number of halogens is 1. The number of hydrogen-bond donors (Lipinski definition) is 1. The molecule has 0 aliphatic heterocycles. The molecule has 108 valence electrons. The minimum Gasteiger partial charge on any atom is -0.338 e. The van der Waals surface area contributed by atoms with Gasteiger partial charge in [0.25, 0.3) is 0 Å². The molecule has 0 saturated carbocycles. The molecule has 2 aromatic rings. The van der Waals surface area contributed by atoms with Crippen molar-refractivity contribution in [3.8, 4) is 0 Å². The van der Waals surface area contributed by atoms with Crippen LogP contribution in [-0.2, 0) is 5.75 Å². The number of aromatic nitrogens is 2. The van der Waals surface area contributed by atoms with Gasteiger partial charge in [-0.2, -0.15) is 4.98 Å². The summed E-state index contributed by atoms with van der Waals surface area (Å²) in [4.78, 5) is 5.54. The molecule has 0 radical (unpaired) electrons. The van der Waals surface area contributed by atoms with Gasteiger partial charge in [-0.15, -0.1) is 11.8 Å². The van der Waals surface area contributed by atoms with E-state index in [0.29, 0.717) is 23.4 Å². The summed E-state index contributed by atoms with van der Waals surface area (Å²) in [5.41, 5.74) is 6.02. The Labute approximate surface area is 131 Å². The van der Waals surface area contributed by atoms with Crippen LogP contribution >= 0.6 is 27.7 Å². The predicted octanol–water partition coefficient (Wildman–Crippen LogP) is 4.17. The lowest BCUT2D eigenvalue weighted by Gasteiger charge is -2.08. The van der Waals surface area contributed by atoms with Crippen LogP contribution in [0.4, 0.5) is 0 Å². The largest absolute Gasteiger partial charge is 0.338 e. The van der Waals surface area contributed by atoms with Gasteiger partial charge in [-0.25, -0.2) is 0 Å². The molecular weight excluding hydrogens is 338 g/mol. The first-order valence-corrected chi connectivity index (χ1v) is 8.29. The zero-order valence-electron chi connectivity index (χ0n) is 11.5. The molecule has 0 aliphatic rings. The average molecular weight is 356 g/mol. The summed E-state index contributed by atoms with van der Waals surface area (Å²) in [6.07, 6.45) is 0.849. The lowest BCUT2D eigenvalue weighted by Crippen LogP contribution is -2.13. The van der Waals surface area contributed by atoms with Crippen LogP contribution in [0.5, 0.6) is 0 Å². The number of nitrogens with two attached hydrogens (primary N) is 1. The second-order valence-corrected chi connectivity index (χ2v) is 6.99. The van der Waals surface area contributed by atoms with E-state index in [1.165, 1.54) is 4.90 Å². The molecule has 0 aliphatic carbocycles. The van der Waals surface area contributed by atoms with Gasteiger partial charge in [0.2, 0.25) is 5.89 Å². The van der Waals surface area contributed by atoms with Gasteiger partial charge in [-0.05, 0) is 36.6 Å². The van der Waals surface area contributed by atoms with Gasteiger partial charge in [-0.3, -0.25) is 0 Å². The molecule has 1 atom stereocenters. The Morgan fingerprint density at radius 2 is 2.00 bits per heavy atom. The highest BCUT2D eigenvalue weighted by atomic mass is 79.9. The van der Waals surface area contributed by atoms with Crippen LogP contribution in [0.25, 0.3) is 0 Å². The summed E-state index contributed by atoms with van der Waals surface area (Å²) in [7, 11) is 0. The number of benzene rings is 1.